The van der Waals surface area contributed by atoms with E-state index in [1.807, 2.05) is 0 Å². The molecule has 4 unspecified atom stereocenters. The quantitative estimate of drug-likeness (QED) is 0.747. The van der Waals surface area contributed by atoms with E-state index in [1.165, 1.54) is 5.57 Å². The molecule has 0 aromatic carbocycles. The molecule has 0 spiro atoms. The molecule has 2 aliphatic rings. The lowest BCUT2D eigenvalue weighted by molar-refractivity contribution is -0.00116. The molecule has 2 rings (SSSR count). The van der Waals surface area contributed by atoms with Gasteiger partial charge in [-0.1, -0.05) is 18.6 Å². The number of nitriles is 1. The van der Waals surface area contributed by atoms with Crippen molar-refractivity contribution >= 4 is 0 Å². The van der Waals surface area contributed by atoms with E-state index in [2.05, 4.69) is 26.0 Å². The predicted molar refractivity (Wildman–Crippen MR) is 65.1 cm³/mol. The van der Waals surface area contributed by atoms with Crippen molar-refractivity contribution in [1.82, 2.24) is 0 Å². The molecule has 1 saturated heterocycles. The first-order chi connectivity index (χ1) is 8.07. The lowest BCUT2D eigenvalue weighted by Gasteiger charge is -2.35. The Kier molecular flexibility index (Phi) is 3.56. The van der Waals surface area contributed by atoms with Gasteiger partial charge in [0.05, 0.1) is 18.8 Å². The van der Waals surface area contributed by atoms with Crippen LogP contribution in [-0.2, 0) is 4.74 Å². The van der Waals surface area contributed by atoms with Crippen LogP contribution in [0.15, 0.2) is 11.6 Å². The van der Waals surface area contributed by atoms with E-state index in [9.17, 15) is 10.4 Å². The van der Waals surface area contributed by atoms with Crippen LogP contribution in [0, 0.1) is 28.6 Å². The number of hydrogen-bond donors (Lipinski definition) is 1. The monoisotopic (exact) mass is 235 g/mol. The Bertz CT molecular complexity index is 350. The Balaban J connectivity index is 2.12. The van der Waals surface area contributed by atoms with E-state index in [0.717, 1.165) is 12.8 Å². The summed E-state index contributed by atoms with van der Waals surface area (Å²) in [6.07, 6.45) is 4.27. The van der Waals surface area contributed by atoms with Crippen LogP contribution in [0.1, 0.15) is 33.1 Å². The molecular weight excluding hydrogens is 214 g/mol. The zero-order chi connectivity index (χ0) is 12.5. The number of ether oxygens (including phenoxy) is 1. The van der Waals surface area contributed by atoms with Crippen LogP contribution in [-0.4, -0.2) is 24.4 Å². The number of nitrogens with zero attached hydrogens (tertiary/aromatic N) is 1. The lowest BCUT2D eigenvalue weighted by Crippen LogP contribution is -2.41. The van der Waals surface area contributed by atoms with Crippen molar-refractivity contribution < 1.29 is 9.84 Å². The Morgan fingerprint density at radius 2 is 2.41 bits per heavy atom. The highest BCUT2D eigenvalue weighted by atomic mass is 16.5. The second kappa shape index (κ2) is 4.80. The van der Waals surface area contributed by atoms with Gasteiger partial charge < -0.3 is 9.84 Å². The first kappa shape index (κ1) is 12.6. The van der Waals surface area contributed by atoms with E-state index >= 15 is 0 Å². The lowest BCUT2D eigenvalue weighted by atomic mass is 9.70. The number of aliphatic hydroxyl groups excluding tert-OH is 1. The molecular formula is C14H21NO2. The van der Waals surface area contributed by atoms with Crippen molar-refractivity contribution in [3.8, 4) is 6.07 Å². The van der Waals surface area contributed by atoms with Crippen LogP contribution in [0.4, 0.5) is 0 Å². The molecule has 0 bridgehead atoms. The van der Waals surface area contributed by atoms with Gasteiger partial charge in [-0.05, 0) is 38.0 Å². The highest BCUT2D eigenvalue weighted by molar-refractivity contribution is 5.13. The first-order valence-electron chi connectivity index (χ1n) is 6.42. The standard InChI is InChI=1S/C14H21NO2/c1-10-5-11(2)7-12(6-10)13(16)14(8-15)3-4-17-9-14/h5,10,12-13,16H,3-4,6-7,9H2,1-2H3. The maximum absolute atomic E-state index is 10.5. The molecule has 1 aliphatic heterocycles. The summed E-state index contributed by atoms with van der Waals surface area (Å²) >= 11 is 0. The minimum absolute atomic E-state index is 0.205. The fraction of sp³-hybridized carbons (Fsp3) is 0.786. The molecule has 0 saturated carbocycles. The predicted octanol–water partition coefficient (Wildman–Crippen LogP) is 2.27. The topological polar surface area (TPSA) is 53.2 Å². The molecule has 1 aliphatic carbocycles. The van der Waals surface area contributed by atoms with Gasteiger partial charge >= 0.3 is 0 Å². The van der Waals surface area contributed by atoms with Crippen LogP contribution < -0.4 is 0 Å². The Morgan fingerprint density at radius 3 is 2.94 bits per heavy atom. The summed E-state index contributed by atoms with van der Waals surface area (Å²) in [5.41, 5.74) is 0.668. The van der Waals surface area contributed by atoms with Gasteiger partial charge in [0.15, 0.2) is 0 Å². The Labute approximate surface area is 103 Å². The maximum atomic E-state index is 10.5. The van der Waals surface area contributed by atoms with Gasteiger partial charge in [-0.25, -0.2) is 0 Å². The molecule has 0 amide bonds. The van der Waals surface area contributed by atoms with E-state index in [4.69, 9.17) is 4.74 Å². The minimum Gasteiger partial charge on any atom is -0.391 e. The molecule has 3 nitrogen and oxygen atoms in total. The van der Waals surface area contributed by atoms with Crippen molar-refractivity contribution in [1.29, 1.82) is 5.26 Å². The molecule has 0 aromatic heterocycles. The molecule has 0 aromatic rings. The van der Waals surface area contributed by atoms with Crippen LogP contribution in [0.3, 0.4) is 0 Å². The largest absolute Gasteiger partial charge is 0.391 e. The molecule has 94 valence electrons. The number of hydrogen-bond acceptors (Lipinski definition) is 3. The number of allylic oxidation sites excluding steroid dienone is 2. The summed E-state index contributed by atoms with van der Waals surface area (Å²) in [5.74, 6) is 0.706. The average Bonchev–Trinajstić information content (AvgIpc) is 2.76. The highest BCUT2D eigenvalue weighted by Crippen LogP contribution is 2.41. The summed E-state index contributed by atoms with van der Waals surface area (Å²) in [7, 11) is 0. The molecule has 1 N–H and O–H groups in total. The maximum Gasteiger partial charge on any atom is 0.109 e. The molecule has 17 heavy (non-hydrogen) atoms. The fourth-order valence-electron chi connectivity index (χ4n) is 3.26. The second-order valence-electron chi connectivity index (χ2n) is 5.71. The van der Waals surface area contributed by atoms with E-state index in [-0.39, 0.29) is 5.92 Å². The molecule has 1 heterocycles. The van der Waals surface area contributed by atoms with Crippen molar-refractivity contribution in [2.45, 2.75) is 39.2 Å². The van der Waals surface area contributed by atoms with Gasteiger partial charge in [0, 0.05) is 6.61 Å². The summed E-state index contributed by atoms with van der Waals surface area (Å²) in [6, 6.07) is 2.31. The van der Waals surface area contributed by atoms with Crippen molar-refractivity contribution in [2.75, 3.05) is 13.2 Å². The molecule has 4 atom stereocenters. The summed E-state index contributed by atoms with van der Waals surface area (Å²) < 4.78 is 5.32. The Morgan fingerprint density at radius 1 is 1.65 bits per heavy atom. The van der Waals surface area contributed by atoms with E-state index < -0.39 is 11.5 Å². The third kappa shape index (κ3) is 2.38. The van der Waals surface area contributed by atoms with Crippen LogP contribution >= 0.6 is 0 Å². The number of rotatable bonds is 2. The zero-order valence-corrected chi connectivity index (χ0v) is 10.6. The van der Waals surface area contributed by atoms with Crippen LogP contribution in [0.5, 0.6) is 0 Å². The van der Waals surface area contributed by atoms with Gasteiger partial charge in [0.2, 0.25) is 0 Å². The van der Waals surface area contributed by atoms with Gasteiger partial charge in [0.1, 0.15) is 5.41 Å². The van der Waals surface area contributed by atoms with Crippen LogP contribution in [0.2, 0.25) is 0 Å². The average molecular weight is 235 g/mol. The molecule has 3 heteroatoms. The van der Waals surface area contributed by atoms with Crippen molar-refractivity contribution in [3.05, 3.63) is 11.6 Å². The first-order valence-corrected chi connectivity index (χ1v) is 6.42. The summed E-state index contributed by atoms with van der Waals surface area (Å²) in [4.78, 5) is 0. The van der Waals surface area contributed by atoms with E-state index in [0.29, 0.717) is 25.6 Å². The SMILES string of the molecule is CC1=CC(C)CC(C(O)C2(C#N)CCOC2)C1. The third-order valence-corrected chi connectivity index (χ3v) is 4.12. The highest BCUT2D eigenvalue weighted by Gasteiger charge is 2.46. The van der Waals surface area contributed by atoms with Gasteiger partial charge in [-0.2, -0.15) is 5.26 Å². The van der Waals surface area contributed by atoms with Crippen molar-refractivity contribution in [2.24, 2.45) is 17.3 Å². The van der Waals surface area contributed by atoms with Gasteiger partial charge in [-0.15, -0.1) is 0 Å². The minimum atomic E-state index is -0.665. The van der Waals surface area contributed by atoms with E-state index in [1.54, 1.807) is 0 Å². The second-order valence-corrected chi connectivity index (χ2v) is 5.71. The molecule has 0 radical (unpaired) electrons. The summed E-state index contributed by atoms with van der Waals surface area (Å²) in [5, 5.41) is 19.9. The van der Waals surface area contributed by atoms with Gasteiger partial charge in [-0.3, -0.25) is 0 Å². The Hall–Kier alpha value is -0.850. The fourth-order valence-corrected chi connectivity index (χ4v) is 3.26. The smallest absolute Gasteiger partial charge is 0.109 e. The van der Waals surface area contributed by atoms with Crippen molar-refractivity contribution in [3.63, 3.8) is 0 Å². The zero-order valence-electron chi connectivity index (χ0n) is 10.6. The molecule has 1 fully saturated rings. The number of aliphatic hydroxyl groups is 1. The van der Waals surface area contributed by atoms with Crippen LogP contribution in [0.25, 0.3) is 0 Å². The third-order valence-electron chi connectivity index (χ3n) is 4.12. The summed E-state index contributed by atoms with van der Waals surface area (Å²) in [6.45, 7) is 5.27. The van der Waals surface area contributed by atoms with Gasteiger partial charge in [0.25, 0.3) is 0 Å². The normalized spacial score (nSPS) is 39.5.